The van der Waals surface area contributed by atoms with Gasteiger partial charge >= 0.3 is 0 Å². The standard InChI is InChI=1S/C17H21N3O2/c1-12-15(10-20(3)18-12)9-19(2)17(21)14-8-13-6-4-5-7-16(13)22-11-14/h4-7,10,14H,8-9,11H2,1-3H3. The van der Waals surface area contributed by atoms with Gasteiger partial charge in [-0.25, -0.2) is 0 Å². The number of fused-ring (bicyclic) bond motifs is 1. The van der Waals surface area contributed by atoms with Gasteiger partial charge in [0.15, 0.2) is 0 Å². The third-order valence-electron chi connectivity index (χ3n) is 4.13. The second-order valence-electron chi connectivity index (χ2n) is 5.93. The van der Waals surface area contributed by atoms with E-state index in [1.54, 1.807) is 9.58 Å². The van der Waals surface area contributed by atoms with Crippen molar-refractivity contribution >= 4 is 5.91 Å². The van der Waals surface area contributed by atoms with E-state index in [0.29, 0.717) is 13.2 Å². The molecule has 5 heteroatoms. The molecule has 2 heterocycles. The van der Waals surface area contributed by atoms with E-state index in [-0.39, 0.29) is 11.8 Å². The van der Waals surface area contributed by atoms with E-state index in [2.05, 4.69) is 5.10 Å². The summed E-state index contributed by atoms with van der Waals surface area (Å²) in [5.74, 6) is 0.909. The predicted molar refractivity (Wildman–Crippen MR) is 83.6 cm³/mol. The number of ether oxygens (including phenoxy) is 1. The molecule has 116 valence electrons. The van der Waals surface area contributed by atoms with Crippen LogP contribution in [0.25, 0.3) is 0 Å². The number of hydrogen-bond acceptors (Lipinski definition) is 3. The largest absolute Gasteiger partial charge is 0.492 e. The first-order valence-electron chi connectivity index (χ1n) is 7.49. The molecule has 1 atom stereocenters. The molecule has 3 rings (SSSR count). The minimum Gasteiger partial charge on any atom is -0.492 e. The number of benzene rings is 1. The van der Waals surface area contributed by atoms with E-state index in [1.807, 2.05) is 51.5 Å². The van der Waals surface area contributed by atoms with Crippen LogP contribution in [0, 0.1) is 12.8 Å². The molecule has 0 bridgehead atoms. The molecule has 1 aliphatic heterocycles. The van der Waals surface area contributed by atoms with Crippen LogP contribution in [0.15, 0.2) is 30.5 Å². The highest BCUT2D eigenvalue weighted by atomic mass is 16.5. The zero-order valence-electron chi connectivity index (χ0n) is 13.2. The Kier molecular flexibility index (Phi) is 3.88. The topological polar surface area (TPSA) is 47.4 Å². The van der Waals surface area contributed by atoms with E-state index >= 15 is 0 Å². The summed E-state index contributed by atoms with van der Waals surface area (Å²) in [5.41, 5.74) is 3.15. The molecule has 0 aliphatic carbocycles. The fourth-order valence-electron chi connectivity index (χ4n) is 2.94. The van der Waals surface area contributed by atoms with Gasteiger partial charge < -0.3 is 9.64 Å². The number of amides is 1. The van der Waals surface area contributed by atoms with Crippen LogP contribution >= 0.6 is 0 Å². The molecular formula is C17H21N3O2. The average Bonchev–Trinajstić information content (AvgIpc) is 2.83. The molecule has 5 nitrogen and oxygen atoms in total. The lowest BCUT2D eigenvalue weighted by Gasteiger charge is -2.28. The lowest BCUT2D eigenvalue weighted by molar-refractivity contribution is -0.136. The van der Waals surface area contributed by atoms with Gasteiger partial charge in [-0.2, -0.15) is 5.10 Å². The first-order valence-corrected chi connectivity index (χ1v) is 7.49. The van der Waals surface area contributed by atoms with E-state index in [1.165, 1.54) is 0 Å². The fourth-order valence-corrected chi connectivity index (χ4v) is 2.94. The van der Waals surface area contributed by atoms with Crippen molar-refractivity contribution in [2.75, 3.05) is 13.7 Å². The Bertz CT molecular complexity index is 693. The van der Waals surface area contributed by atoms with Gasteiger partial charge in [-0.3, -0.25) is 9.48 Å². The van der Waals surface area contributed by atoms with Gasteiger partial charge in [0.2, 0.25) is 5.91 Å². The Morgan fingerprint density at radius 3 is 2.95 bits per heavy atom. The molecule has 0 saturated carbocycles. The fraction of sp³-hybridized carbons (Fsp3) is 0.412. The zero-order valence-corrected chi connectivity index (χ0v) is 13.2. The van der Waals surface area contributed by atoms with Gasteiger partial charge in [-0.1, -0.05) is 18.2 Å². The minimum atomic E-state index is -0.114. The van der Waals surface area contributed by atoms with Crippen LogP contribution < -0.4 is 4.74 Å². The summed E-state index contributed by atoms with van der Waals surface area (Å²) in [7, 11) is 3.74. The molecule has 2 aromatic rings. The van der Waals surface area contributed by atoms with Crippen molar-refractivity contribution in [3.05, 3.63) is 47.3 Å². The van der Waals surface area contributed by atoms with Gasteiger partial charge in [0.25, 0.3) is 0 Å². The van der Waals surface area contributed by atoms with Crippen LogP contribution in [0.3, 0.4) is 0 Å². The summed E-state index contributed by atoms with van der Waals surface area (Å²) < 4.78 is 7.50. The quantitative estimate of drug-likeness (QED) is 0.870. The molecule has 0 saturated heterocycles. The average molecular weight is 299 g/mol. The van der Waals surface area contributed by atoms with Crippen LogP contribution in [0.2, 0.25) is 0 Å². The van der Waals surface area contributed by atoms with Crippen molar-refractivity contribution in [3.63, 3.8) is 0 Å². The summed E-state index contributed by atoms with van der Waals surface area (Å²) in [4.78, 5) is 14.4. The molecule has 1 unspecified atom stereocenters. The summed E-state index contributed by atoms with van der Waals surface area (Å²) in [6, 6.07) is 7.93. The van der Waals surface area contributed by atoms with Crippen molar-refractivity contribution in [2.45, 2.75) is 19.9 Å². The normalized spacial score (nSPS) is 16.8. The van der Waals surface area contributed by atoms with Gasteiger partial charge in [-0.05, 0) is 25.0 Å². The molecule has 22 heavy (non-hydrogen) atoms. The molecule has 1 aromatic heterocycles. The Labute approximate surface area is 130 Å². The van der Waals surface area contributed by atoms with E-state index in [4.69, 9.17) is 4.74 Å². The third kappa shape index (κ3) is 2.84. The highest BCUT2D eigenvalue weighted by molar-refractivity contribution is 5.79. The van der Waals surface area contributed by atoms with Gasteiger partial charge in [0.1, 0.15) is 12.4 Å². The summed E-state index contributed by atoms with van der Waals surface area (Å²) >= 11 is 0. The second kappa shape index (κ2) is 5.83. The third-order valence-corrected chi connectivity index (χ3v) is 4.13. The minimum absolute atomic E-state index is 0.114. The van der Waals surface area contributed by atoms with E-state index < -0.39 is 0 Å². The number of carbonyl (C=O) groups excluding carboxylic acids is 1. The highest BCUT2D eigenvalue weighted by Crippen LogP contribution is 2.27. The maximum atomic E-state index is 12.6. The van der Waals surface area contributed by atoms with Crippen molar-refractivity contribution in [2.24, 2.45) is 13.0 Å². The molecule has 0 radical (unpaired) electrons. The number of hydrogen-bond donors (Lipinski definition) is 0. The SMILES string of the molecule is Cc1nn(C)cc1CN(C)C(=O)C1COc2ccccc2C1. The summed E-state index contributed by atoms with van der Waals surface area (Å²) in [5, 5.41) is 4.32. The number of rotatable bonds is 3. The monoisotopic (exact) mass is 299 g/mol. The van der Waals surface area contributed by atoms with Crippen molar-refractivity contribution < 1.29 is 9.53 Å². The molecule has 0 spiro atoms. The Morgan fingerprint density at radius 2 is 2.23 bits per heavy atom. The Balaban J connectivity index is 1.68. The Morgan fingerprint density at radius 1 is 1.45 bits per heavy atom. The van der Waals surface area contributed by atoms with Gasteiger partial charge in [-0.15, -0.1) is 0 Å². The predicted octanol–water partition coefficient (Wildman–Crippen LogP) is 1.94. The maximum Gasteiger partial charge on any atom is 0.229 e. The van der Waals surface area contributed by atoms with Gasteiger partial charge in [0.05, 0.1) is 11.6 Å². The second-order valence-corrected chi connectivity index (χ2v) is 5.93. The summed E-state index contributed by atoms with van der Waals surface area (Å²) in [6.45, 7) is 3.00. The molecular weight excluding hydrogens is 278 g/mol. The van der Waals surface area contributed by atoms with Crippen LogP contribution in [-0.2, 0) is 24.8 Å². The Hall–Kier alpha value is -2.30. The maximum absolute atomic E-state index is 12.6. The number of nitrogens with zero attached hydrogens (tertiary/aromatic N) is 3. The van der Waals surface area contributed by atoms with Crippen LogP contribution in [0.5, 0.6) is 5.75 Å². The van der Waals surface area contributed by atoms with Crippen molar-refractivity contribution in [1.82, 2.24) is 14.7 Å². The molecule has 1 aromatic carbocycles. The number of para-hydroxylation sites is 1. The zero-order chi connectivity index (χ0) is 15.7. The first kappa shape index (κ1) is 14.6. The van der Waals surface area contributed by atoms with Crippen molar-refractivity contribution in [1.29, 1.82) is 0 Å². The number of aryl methyl sites for hydroxylation is 2. The first-order chi connectivity index (χ1) is 10.5. The van der Waals surface area contributed by atoms with Crippen LogP contribution in [0.1, 0.15) is 16.8 Å². The van der Waals surface area contributed by atoms with Crippen LogP contribution in [-0.4, -0.2) is 34.2 Å². The van der Waals surface area contributed by atoms with Crippen molar-refractivity contribution in [3.8, 4) is 5.75 Å². The molecule has 1 amide bonds. The summed E-state index contributed by atoms with van der Waals surface area (Å²) in [6.07, 6.45) is 2.71. The molecule has 0 fully saturated rings. The lowest BCUT2D eigenvalue weighted by Crippen LogP contribution is -2.38. The number of aromatic nitrogens is 2. The highest BCUT2D eigenvalue weighted by Gasteiger charge is 2.28. The molecule has 0 N–H and O–H groups in total. The number of carbonyl (C=O) groups is 1. The van der Waals surface area contributed by atoms with E-state index in [0.717, 1.165) is 29.0 Å². The van der Waals surface area contributed by atoms with Crippen LogP contribution in [0.4, 0.5) is 0 Å². The van der Waals surface area contributed by atoms with Gasteiger partial charge in [0, 0.05) is 32.4 Å². The smallest absolute Gasteiger partial charge is 0.229 e. The van der Waals surface area contributed by atoms with E-state index in [9.17, 15) is 4.79 Å². The molecule has 1 aliphatic rings. The lowest BCUT2D eigenvalue weighted by atomic mass is 9.95.